The highest BCUT2D eigenvalue weighted by molar-refractivity contribution is 6.34. The molecule has 476 valence electrons. The zero-order chi connectivity index (χ0) is 64.5. The zero-order valence-corrected chi connectivity index (χ0v) is 52.9. The number of nitrogens with one attached hydrogen (secondary N) is 5. The molecular formula is C62H55Cl4N23O5. The summed E-state index contributed by atoms with van der Waals surface area (Å²) >= 11 is 25.9. The maximum absolute atomic E-state index is 11.1. The van der Waals surface area contributed by atoms with Gasteiger partial charge >= 0.3 is 11.5 Å². The Morgan fingerprint density at radius 1 is 0.489 bits per heavy atom. The molecular weight excluding hydrogens is 1290 g/mol. The molecule has 4 fully saturated rings. The number of rotatable bonds is 12. The van der Waals surface area contributed by atoms with Crippen molar-refractivity contribution in [2.75, 3.05) is 62.3 Å². The molecule has 32 heteroatoms. The van der Waals surface area contributed by atoms with E-state index in [0.717, 1.165) is 106 Å². The number of ether oxygens (including phenoxy) is 1. The molecule has 4 saturated heterocycles. The fourth-order valence-electron chi connectivity index (χ4n) is 11.2. The second-order valence-corrected chi connectivity index (χ2v) is 24.0. The minimum absolute atomic E-state index is 0.0351. The van der Waals surface area contributed by atoms with Crippen LogP contribution in [0.3, 0.4) is 0 Å². The van der Waals surface area contributed by atoms with Crippen molar-refractivity contribution < 1.29 is 13.8 Å². The van der Waals surface area contributed by atoms with Gasteiger partial charge in [-0.15, -0.1) is 20.4 Å². The van der Waals surface area contributed by atoms with Crippen LogP contribution in [-0.4, -0.2) is 154 Å². The van der Waals surface area contributed by atoms with Crippen molar-refractivity contribution in [2.24, 2.45) is 0 Å². The van der Waals surface area contributed by atoms with Crippen LogP contribution in [-0.2, 0) is 10.2 Å². The van der Waals surface area contributed by atoms with Crippen molar-refractivity contribution in [1.29, 1.82) is 0 Å². The van der Waals surface area contributed by atoms with Crippen LogP contribution in [0, 0.1) is 0 Å². The van der Waals surface area contributed by atoms with Gasteiger partial charge in [0.1, 0.15) is 48.1 Å². The Hall–Kier alpha value is -10.1. The first-order chi connectivity index (χ1) is 45.9. The van der Waals surface area contributed by atoms with Crippen LogP contribution in [0.1, 0.15) is 56.1 Å². The summed E-state index contributed by atoms with van der Waals surface area (Å²) in [5, 5.41) is 41.2. The van der Waals surface area contributed by atoms with Gasteiger partial charge in [-0.2, -0.15) is 10.4 Å². The number of hydrogen-bond acceptors (Lipinski definition) is 24. The lowest BCUT2D eigenvalue weighted by Crippen LogP contribution is -2.44. The average Bonchev–Trinajstić information content (AvgIpc) is 0.879. The molecule has 0 bridgehead atoms. The van der Waals surface area contributed by atoms with Crippen LogP contribution in [0.25, 0.3) is 91.1 Å². The van der Waals surface area contributed by atoms with Gasteiger partial charge in [-0.3, -0.25) is 19.0 Å². The van der Waals surface area contributed by atoms with E-state index in [0.29, 0.717) is 75.0 Å². The fourth-order valence-corrected chi connectivity index (χ4v) is 12.6. The van der Waals surface area contributed by atoms with E-state index in [4.69, 9.17) is 51.1 Å². The largest absolute Gasteiger partial charge is 0.439 e. The van der Waals surface area contributed by atoms with E-state index in [9.17, 15) is 9.59 Å². The van der Waals surface area contributed by atoms with Crippen molar-refractivity contribution in [3.63, 3.8) is 0 Å². The number of aromatic nitrogens is 20. The van der Waals surface area contributed by atoms with Crippen LogP contribution >= 0.6 is 46.4 Å². The van der Waals surface area contributed by atoms with Gasteiger partial charge in [-0.1, -0.05) is 100 Å². The molecule has 16 rings (SSSR count). The van der Waals surface area contributed by atoms with Gasteiger partial charge in [0.15, 0.2) is 0 Å². The molecule has 5 N–H and O–H groups in total. The Bertz CT molecular complexity index is 4560. The summed E-state index contributed by atoms with van der Waals surface area (Å²) in [4.78, 5) is 65.4. The Balaban J connectivity index is 0.000000114. The molecule has 0 aliphatic carbocycles. The SMILES string of the molecule is CC1(c2ccc(-c3cc(-c4noc(=O)[nH]4)ncn3)cc2Cl)COC1.Clc1cc(-c2cc(-c3nn[nH]n3)ncn2)ccc1C1CCNC1.Clc1cc(-c2cc(-c3nn[nH]n3)ncn2)ccc1N1CCCC1.O=c1[nH]c(-c2cc(-c3ccc(N4CCCC4)c(Cl)c3)ncn2)no1. The standard InChI is InChI=1S/C16H14ClN5O2.C16H13ClN4O3.2C15H14ClN7/c17-11-7-10(3-4-14(11)22-5-1-2-6-22)12-8-13(19-9-18-12)15-20-16(23)24-21-15;1-16(6-23-7-16)10-3-2-9(4-11(10)17)12-5-13(19-8-18-12)14-20-15(22)24-21-14;16-12-5-9(1-2-11(12)10-3-4-17-7-10)13-6-14(19-8-18-13)15-20-22-23-21-15;16-11-7-10(3-4-14(11)23-5-1-2-6-23)12-8-13(18-9-17-12)15-19-21-22-20-15/h3-4,7-9H,1-2,5-6H2,(H,20,21,23);2-5,8H,6-7H2,1H3,(H,20,21,22);1-2,5-6,8,10,17H,3-4,7H2,(H,20,21,22,23);3-4,7-9H,1-2,5-6H2,(H,19,20,21,22). The summed E-state index contributed by atoms with van der Waals surface area (Å²) in [5.74, 6) is 0.629. The first kappa shape index (κ1) is 62.7. The maximum atomic E-state index is 11.1. The minimum Gasteiger partial charge on any atom is -0.379 e. The molecule has 4 aliphatic heterocycles. The van der Waals surface area contributed by atoms with Gasteiger partial charge < -0.3 is 19.9 Å². The number of H-pyrrole nitrogens is 4. The van der Waals surface area contributed by atoms with E-state index in [1.54, 1.807) is 12.1 Å². The summed E-state index contributed by atoms with van der Waals surface area (Å²) in [6, 6.07) is 30.9. The normalized spacial score (nSPS) is 15.5. The predicted octanol–water partition coefficient (Wildman–Crippen LogP) is 9.80. The van der Waals surface area contributed by atoms with Crippen molar-refractivity contribution in [3.05, 3.63) is 175 Å². The first-order valence-corrected chi connectivity index (χ1v) is 31.3. The van der Waals surface area contributed by atoms with Crippen molar-refractivity contribution >= 4 is 57.8 Å². The van der Waals surface area contributed by atoms with Gasteiger partial charge in [0.25, 0.3) is 0 Å². The topological polar surface area (TPSA) is 358 Å². The van der Waals surface area contributed by atoms with Gasteiger partial charge in [0.05, 0.1) is 57.4 Å². The summed E-state index contributed by atoms with van der Waals surface area (Å²) in [7, 11) is 0. The second kappa shape index (κ2) is 28.4. The molecule has 28 nitrogen and oxygen atoms in total. The van der Waals surface area contributed by atoms with Crippen molar-refractivity contribution in [1.82, 2.24) is 107 Å². The van der Waals surface area contributed by atoms with E-state index >= 15 is 0 Å². The third-order valence-electron chi connectivity index (χ3n) is 16.1. The molecule has 0 radical (unpaired) electrons. The third kappa shape index (κ3) is 14.4. The molecule has 12 aromatic rings. The van der Waals surface area contributed by atoms with Crippen LogP contribution in [0.2, 0.25) is 20.1 Å². The van der Waals surface area contributed by atoms with Crippen LogP contribution in [0.4, 0.5) is 11.4 Å². The molecule has 1 atom stereocenters. The maximum Gasteiger partial charge on any atom is 0.439 e. The second-order valence-electron chi connectivity index (χ2n) is 22.4. The lowest BCUT2D eigenvalue weighted by Gasteiger charge is -2.39. The average molecular weight is 1340 g/mol. The number of halogens is 4. The van der Waals surface area contributed by atoms with Gasteiger partial charge in [-0.05, 0) is 127 Å². The number of nitrogens with zero attached hydrogens (tertiary/aromatic N) is 18. The molecule has 8 aromatic heterocycles. The van der Waals surface area contributed by atoms with Gasteiger partial charge in [-0.25, -0.2) is 49.5 Å². The molecule has 4 aliphatic rings. The number of aromatic amines is 4. The van der Waals surface area contributed by atoms with Gasteiger partial charge in [0, 0.05) is 70.4 Å². The highest BCUT2D eigenvalue weighted by Crippen LogP contribution is 2.39. The van der Waals surface area contributed by atoms with E-state index in [-0.39, 0.29) is 17.1 Å². The van der Waals surface area contributed by atoms with Gasteiger partial charge in [0.2, 0.25) is 23.3 Å². The summed E-state index contributed by atoms with van der Waals surface area (Å²) in [5.41, 5.74) is 13.0. The van der Waals surface area contributed by atoms with Crippen molar-refractivity contribution in [3.8, 4) is 91.1 Å². The highest BCUT2D eigenvalue weighted by atomic mass is 35.5. The third-order valence-corrected chi connectivity index (χ3v) is 17.4. The van der Waals surface area contributed by atoms with E-state index in [2.05, 4.69) is 145 Å². The fraction of sp³-hybridized carbons (Fsp3) is 0.258. The van der Waals surface area contributed by atoms with E-state index in [1.807, 2.05) is 72.8 Å². The quantitative estimate of drug-likeness (QED) is 0.0759. The minimum atomic E-state index is -0.631. The number of hydrogen-bond donors (Lipinski definition) is 5. The van der Waals surface area contributed by atoms with Crippen LogP contribution < -0.4 is 26.6 Å². The molecule has 0 spiro atoms. The highest BCUT2D eigenvalue weighted by Gasteiger charge is 2.37. The predicted molar refractivity (Wildman–Crippen MR) is 350 cm³/mol. The summed E-state index contributed by atoms with van der Waals surface area (Å²) in [6.45, 7) is 9.69. The summed E-state index contributed by atoms with van der Waals surface area (Å²) in [6.07, 6.45) is 11.8. The summed E-state index contributed by atoms with van der Waals surface area (Å²) < 4.78 is 14.3. The van der Waals surface area contributed by atoms with Crippen LogP contribution in [0.15, 0.2) is 141 Å². The van der Waals surface area contributed by atoms with Crippen LogP contribution in [0.5, 0.6) is 0 Å². The number of tetrazole rings is 2. The van der Waals surface area contributed by atoms with E-state index in [1.165, 1.54) is 56.6 Å². The van der Waals surface area contributed by atoms with Crippen molar-refractivity contribution in [2.45, 2.75) is 50.4 Å². The Morgan fingerprint density at radius 2 is 0.904 bits per heavy atom. The Kier molecular flexibility index (Phi) is 18.9. The monoisotopic (exact) mass is 1340 g/mol. The molecule has 1 unspecified atom stereocenters. The molecule has 0 amide bonds. The number of anilines is 2. The van der Waals surface area contributed by atoms with E-state index < -0.39 is 11.5 Å². The number of benzene rings is 4. The molecule has 94 heavy (non-hydrogen) atoms. The molecule has 0 saturated carbocycles. The molecule has 12 heterocycles. The first-order valence-electron chi connectivity index (χ1n) is 29.7. The lowest BCUT2D eigenvalue weighted by atomic mass is 9.80. The lowest BCUT2D eigenvalue weighted by molar-refractivity contribution is -0.0499. The zero-order valence-electron chi connectivity index (χ0n) is 49.9. The smallest absolute Gasteiger partial charge is 0.379 e. The Morgan fingerprint density at radius 3 is 1.28 bits per heavy atom. The molecule has 4 aromatic carbocycles. The Labute approximate surface area is 553 Å².